The molecule has 0 saturated carbocycles. The molecule has 126 valence electrons. The monoisotopic (exact) mass is 348 g/mol. The lowest BCUT2D eigenvalue weighted by molar-refractivity contribution is -0.297. The van der Waals surface area contributed by atoms with Crippen molar-refractivity contribution >= 4 is 23.2 Å². The van der Waals surface area contributed by atoms with E-state index in [9.17, 15) is 23.1 Å². The van der Waals surface area contributed by atoms with Gasteiger partial charge in [0.25, 0.3) is 11.6 Å². The average Bonchev–Trinajstić information content (AvgIpc) is 2.75. The lowest BCUT2D eigenvalue weighted by Crippen LogP contribution is -2.56. The van der Waals surface area contributed by atoms with Gasteiger partial charge in [-0.3, -0.25) is 4.79 Å². The Morgan fingerprint density at radius 3 is 2.57 bits per heavy atom. The molecule has 1 aromatic rings. The van der Waals surface area contributed by atoms with E-state index in [1.165, 1.54) is 18.2 Å². The third-order valence-corrected chi connectivity index (χ3v) is 3.77. The Labute approximate surface area is 136 Å². The molecule has 1 atom stereocenters. The standard InChI is InChI=1S/C15H16ClF3N2O2/c1-9(2)7-10-8-14(23,15(17,18)19)21(20-10)13(22)11-5-3-4-6-12(11)16/h3-6,9,23H,7-8H2,1-2H3/t14-/m0/s1. The van der Waals surface area contributed by atoms with Crippen LogP contribution in [0.4, 0.5) is 13.2 Å². The lowest BCUT2D eigenvalue weighted by atomic mass is 9.99. The maximum absolute atomic E-state index is 13.3. The predicted octanol–water partition coefficient (Wildman–Crippen LogP) is 3.84. The first kappa shape index (κ1) is 17.7. The summed E-state index contributed by atoms with van der Waals surface area (Å²) in [4.78, 5) is 12.4. The fourth-order valence-electron chi connectivity index (χ4n) is 2.39. The van der Waals surface area contributed by atoms with Crippen LogP contribution in [0.3, 0.4) is 0 Å². The highest BCUT2D eigenvalue weighted by molar-refractivity contribution is 6.33. The number of benzene rings is 1. The summed E-state index contributed by atoms with van der Waals surface area (Å²) in [5.41, 5.74) is -3.38. The highest BCUT2D eigenvalue weighted by Gasteiger charge is 2.63. The third-order valence-electron chi connectivity index (χ3n) is 3.44. The van der Waals surface area contributed by atoms with Crippen molar-refractivity contribution < 1.29 is 23.1 Å². The molecule has 0 unspecified atom stereocenters. The minimum absolute atomic E-state index is 0.00506. The molecule has 1 heterocycles. The van der Waals surface area contributed by atoms with Crippen LogP contribution in [0, 0.1) is 5.92 Å². The predicted molar refractivity (Wildman–Crippen MR) is 80.1 cm³/mol. The smallest absolute Gasteiger partial charge is 0.362 e. The number of carbonyl (C=O) groups excluding carboxylic acids is 1. The molecule has 0 aliphatic carbocycles. The minimum atomic E-state index is -5.04. The first-order valence-electron chi connectivity index (χ1n) is 7.01. The van der Waals surface area contributed by atoms with Gasteiger partial charge in [-0.15, -0.1) is 0 Å². The topological polar surface area (TPSA) is 52.9 Å². The van der Waals surface area contributed by atoms with Gasteiger partial charge in [0.2, 0.25) is 0 Å². The molecule has 1 aliphatic rings. The number of amides is 1. The Kier molecular flexibility index (Phi) is 4.73. The zero-order valence-electron chi connectivity index (χ0n) is 12.6. The minimum Gasteiger partial charge on any atom is -0.362 e. The maximum atomic E-state index is 13.3. The molecule has 4 nitrogen and oxygen atoms in total. The molecule has 1 aromatic carbocycles. The average molecular weight is 349 g/mol. The summed E-state index contributed by atoms with van der Waals surface area (Å²) in [5, 5.41) is 14.0. The van der Waals surface area contributed by atoms with Crippen LogP contribution >= 0.6 is 11.6 Å². The molecule has 0 radical (unpaired) electrons. The molecule has 0 spiro atoms. The number of hydrazone groups is 1. The first-order chi connectivity index (χ1) is 10.6. The quantitative estimate of drug-likeness (QED) is 0.902. The Morgan fingerprint density at radius 1 is 1.43 bits per heavy atom. The molecule has 23 heavy (non-hydrogen) atoms. The largest absolute Gasteiger partial charge is 0.438 e. The Morgan fingerprint density at radius 2 is 2.04 bits per heavy atom. The molecule has 0 saturated heterocycles. The van der Waals surface area contributed by atoms with Crippen LogP contribution in [0.15, 0.2) is 29.4 Å². The Hall–Kier alpha value is -1.60. The van der Waals surface area contributed by atoms with E-state index in [2.05, 4.69) is 5.10 Å². The lowest BCUT2D eigenvalue weighted by Gasteiger charge is -2.32. The SMILES string of the molecule is CC(C)CC1=NN(C(=O)c2ccccc2Cl)[C@@](O)(C(F)(F)F)C1. The number of halogens is 4. The van der Waals surface area contributed by atoms with Gasteiger partial charge in [0, 0.05) is 12.1 Å². The van der Waals surface area contributed by atoms with E-state index in [4.69, 9.17) is 11.6 Å². The molecule has 2 rings (SSSR count). The summed E-state index contributed by atoms with van der Waals surface area (Å²) < 4.78 is 40.0. The first-order valence-corrected chi connectivity index (χ1v) is 7.38. The van der Waals surface area contributed by atoms with Crippen molar-refractivity contribution in [3.05, 3.63) is 34.9 Å². The molecule has 1 N–H and O–H groups in total. The van der Waals surface area contributed by atoms with Crippen molar-refractivity contribution in [2.24, 2.45) is 11.0 Å². The van der Waals surface area contributed by atoms with Crippen molar-refractivity contribution in [3.63, 3.8) is 0 Å². The van der Waals surface area contributed by atoms with E-state index in [-0.39, 0.29) is 33.6 Å². The van der Waals surface area contributed by atoms with Crippen molar-refractivity contribution in [1.82, 2.24) is 5.01 Å². The van der Waals surface area contributed by atoms with Gasteiger partial charge < -0.3 is 5.11 Å². The van der Waals surface area contributed by atoms with Gasteiger partial charge in [0.05, 0.1) is 10.6 Å². The molecule has 1 aliphatic heterocycles. The van der Waals surface area contributed by atoms with Crippen molar-refractivity contribution in [1.29, 1.82) is 0 Å². The van der Waals surface area contributed by atoms with Crippen LogP contribution in [0.1, 0.15) is 37.0 Å². The normalized spacial score (nSPS) is 21.7. The van der Waals surface area contributed by atoms with Crippen molar-refractivity contribution in [3.8, 4) is 0 Å². The number of rotatable bonds is 3. The van der Waals surface area contributed by atoms with E-state index in [1.807, 2.05) is 13.8 Å². The van der Waals surface area contributed by atoms with Gasteiger partial charge in [-0.25, -0.2) is 0 Å². The maximum Gasteiger partial charge on any atom is 0.438 e. The van der Waals surface area contributed by atoms with E-state index in [0.29, 0.717) is 0 Å². The van der Waals surface area contributed by atoms with Crippen LogP contribution in [-0.2, 0) is 0 Å². The molecule has 8 heteroatoms. The number of nitrogens with zero attached hydrogens (tertiary/aromatic N) is 2. The Balaban J connectivity index is 2.44. The van der Waals surface area contributed by atoms with Crippen molar-refractivity contribution in [2.75, 3.05) is 0 Å². The molecule has 0 fully saturated rings. The van der Waals surface area contributed by atoms with Gasteiger partial charge in [-0.05, 0) is 24.5 Å². The second-order valence-electron chi connectivity index (χ2n) is 5.85. The van der Waals surface area contributed by atoms with Crippen LogP contribution < -0.4 is 0 Å². The fourth-order valence-corrected chi connectivity index (χ4v) is 2.60. The molecule has 0 bridgehead atoms. The fraction of sp³-hybridized carbons (Fsp3) is 0.467. The van der Waals surface area contributed by atoms with Crippen LogP contribution in [-0.4, -0.2) is 33.6 Å². The molecular formula is C15H16ClF3N2O2. The van der Waals surface area contributed by atoms with E-state index >= 15 is 0 Å². The van der Waals surface area contributed by atoms with Gasteiger partial charge in [-0.1, -0.05) is 37.6 Å². The number of hydrogen-bond acceptors (Lipinski definition) is 3. The highest BCUT2D eigenvalue weighted by atomic mass is 35.5. The second kappa shape index (κ2) is 6.13. The number of alkyl halides is 3. The van der Waals surface area contributed by atoms with Crippen LogP contribution in [0.25, 0.3) is 0 Å². The Bertz CT molecular complexity index is 646. The summed E-state index contributed by atoms with van der Waals surface area (Å²) >= 11 is 5.87. The summed E-state index contributed by atoms with van der Waals surface area (Å²) in [6, 6.07) is 5.70. The summed E-state index contributed by atoms with van der Waals surface area (Å²) in [7, 11) is 0. The third kappa shape index (κ3) is 3.35. The summed E-state index contributed by atoms with van der Waals surface area (Å²) in [6.07, 6.45) is -5.54. The van der Waals surface area contributed by atoms with Crippen molar-refractivity contribution in [2.45, 2.75) is 38.6 Å². The summed E-state index contributed by atoms with van der Waals surface area (Å²) in [5.74, 6) is -1.05. The van der Waals surface area contributed by atoms with E-state index in [1.54, 1.807) is 6.07 Å². The van der Waals surface area contributed by atoms with E-state index in [0.717, 1.165) is 0 Å². The number of hydrogen-bond donors (Lipinski definition) is 1. The van der Waals surface area contributed by atoms with Crippen LogP contribution in [0.5, 0.6) is 0 Å². The zero-order chi connectivity index (χ0) is 17.4. The van der Waals surface area contributed by atoms with E-state index < -0.39 is 24.2 Å². The second-order valence-corrected chi connectivity index (χ2v) is 6.26. The molecule has 1 amide bonds. The molecular weight excluding hydrogens is 333 g/mol. The summed E-state index contributed by atoms with van der Waals surface area (Å²) in [6.45, 7) is 3.63. The van der Waals surface area contributed by atoms with Gasteiger partial charge in [0.15, 0.2) is 0 Å². The van der Waals surface area contributed by atoms with Gasteiger partial charge >= 0.3 is 6.18 Å². The zero-order valence-corrected chi connectivity index (χ0v) is 13.3. The van der Waals surface area contributed by atoms with Crippen LogP contribution in [0.2, 0.25) is 5.02 Å². The van der Waals surface area contributed by atoms with Gasteiger partial charge in [-0.2, -0.15) is 23.3 Å². The number of aliphatic hydroxyl groups is 1. The number of carbonyl (C=O) groups is 1. The molecule has 0 aromatic heterocycles. The van der Waals surface area contributed by atoms with Gasteiger partial charge in [0.1, 0.15) is 0 Å². The highest BCUT2D eigenvalue weighted by Crippen LogP contribution is 2.42.